The molecule has 0 heterocycles. The molecule has 0 spiro atoms. The fraction of sp³-hybridized carbons (Fsp3) is 0.562. The van der Waals surface area contributed by atoms with Crippen molar-refractivity contribution in [2.75, 3.05) is 0 Å². The van der Waals surface area contributed by atoms with Gasteiger partial charge in [-0.3, -0.25) is 0 Å². The fourth-order valence-electron chi connectivity index (χ4n) is 1.96. The Balaban J connectivity index is 2.26. The molecule has 2 nitrogen and oxygen atoms in total. The molecule has 0 radical (unpaired) electrons. The Bertz CT molecular complexity index is 308. The van der Waals surface area contributed by atoms with Crippen LogP contribution in [0.3, 0.4) is 0 Å². The average Bonchev–Trinajstić information content (AvgIpc) is 2.42. The molecular formula is C16H24O2. The second kappa shape index (κ2) is 9.84. The lowest BCUT2D eigenvalue weighted by Gasteiger charge is -2.15. The second-order valence-corrected chi connectivity index (χ2v) is 4.67. The van der Waals surface area contributed by atoms with Crippen LogP contribution in [0.15, 0.2) is 30.3 Å². The van der Waals surface area contributed by atoms with E-state index in [4.69, 9.17) is 4.74 Å². The number of carbonyl (C=O) groups is 1. The summed E-state index contributed by atoms with van der Waals surface area (Å²) in [5.74, 6) is 0. The molecule has 0 aliphatic carbocycles. The summed E-state index contributed by atoms with van der Waals surface area (Å²) in [5, 5.41) is 0. The van der Waals surface area contributed by atoms with Crippen molar-refractivity contribution in [1.29, 1.82) is 0 Å². The van der Waals surface area contributed by atoms with Crippen molar-refractivity contribution in [2.24, 2.45) is 0 Å². The summed E-state index contributed by atoms with van der Waals surface area (Å²) in [6.45, 7) is 2.81. The SMILES string of the molecule is CCCCCC[C@H](CC=O)OCc1ccccc1. The first kappa shape index (κ1) is 14.9. The molecular weight excluding hydrogens is 224 g/mol. The fourth-order valence-corrected chi connectivity index (χ4v) is 1.96. The quantitative estimate of drug-likeness (QED) is 0.459. The van der Waals surface area contributed by atoms with Gasteiger partial charge < -0.3 is 9.53 Å². The van der Waals surface area contributed by atoms with E-state index in [-0.39, 0.29) is 6.10 Å². The van der Waals surface area contributed by atoms with Crippen molar-refractivity contribution in [3.8, 4) is 0 Å². The summed E-state index contributed by atoms with van der Waals surface area (Å²) in [6, 6.07) is 10.1. The Morgan fingerprint density at radius 2 is 1.94 bits per heavy atom. The zero-order valence-corrected chi connectivity index (χ0v) is 11.3. The molecule has 0 aromatic heterocycles. The third-order valence-electron chi connectivity index (χ3n) is 3.07. The number of ether oxygens (including phenoxy) is 1. The van der Waals surface area contributed by atoms with Gasteiger partial charge in [-0.25, -0.2) is 0 Å². The summed E-state index contributed by atoms with van der Waals surface area (Å²) in [7, 11) is 0. The lowest BCUT2D eigenvalue weighted by molar-refractivity contribution is -0.110. The molecule has 1 aromatic carbocycles. The van der Waals surface area contributed by atoms with Gasteiger partial charge in [-0.15, -0.1) is 0 Å². The van der Waals surface area contributed by atoms with E-state index in [1.807, 2.05) is 18.2 Å². The van der Waals surface area contributed by atoms with Crippen molar-refractivity contribution >= 4 is 6.29 Å². The molecule has 2 heteroatoms. The lowest BCUT2D eigenvalue weighted by atomic mass is 10.1. The summed E-state index contributed by atoms with van der Waals surface area (Å²) < 4.78 is 5.82. The second-order valence-electron chi connectivity index (χ2n) is 4.67. The molecule has 0 unspecified atom stereocenters. The topological polar surface area (TPSA) is 26.3 Å². The predicted molar refractivity (Wildman–Crippen MR) is 74.5 cm³/mol. The van der Waals surface area contributed by atoms with E-state index in [2.05, 4.69) is 19.1 Å². The molecule has 18 heavy (non-hydrogen) atoms. The van der Waals surface area contributed by atoms with Crippen LogP contribution < -0.4 is 0 Å². The van der Waals surface area contributed by atoms with Gasteiger partial charge in [0.05, 0.1) is 12.7 Å². The molecule has 0 bridgehead atoms. The van der Waals surface area contributed by atoms with Crippen molar-refractivity contribution in [1.82, 2.24) is 0 Å². The van der Waals surface area contributed by atoms with E-state index in [1.165, 1.54) is 24.8 Å². The summed E-state index contributed by atoms with van der Waals surface area (Å²) >= 11 is 0. The van der Waals surface area contributed by atoms with Crippen LogP contribution in [0.25, 0.3) is 0 Å². The number of aldehydes is 1. The van der Waals surface area contributed by atoms with E-state index < -0.39 is 0 Å². The number of hydrogen-bond acceptors (Lipinski definition) is 2. The molecule has 0 fully saturated rings. The highest BCUT2D eigenvalue weighted by atomic mass is 16.5. The van der Waals surface area contributed by atoms with E-state index >= 15 is 0 Å². The standard InChI is InChI=1S/C16H24O2/c1-2-3-4-8-11-16(12-13-17)18-14-15-9-6-5-7-10-15/h5-7,9-10,13,16H,2-4,8,11-12,14H2,1H3/t16-/m1/s1. The molecule has 1 aromatic rings. The minimum atomic E-state index is 0.0829. The third-order valence-corrected chi connectivity index (χ3v) is 3.07. The Morgan fingerprint density at radius 3 is 2.61 bits per heavy atom. The molecule has 0 N–H and O–H groups in total. The highest BCUT2D eigenvalue weighted by molar-refractivity contribution is 5.50. The first-order valence-electron chi connectivity index (χ1n) is 6.96. The molecule has 1 rings (SSSR count). The van der Waals surface area contributed by atoms with Crippen LogP contribution in [0.1, 0.15) is 51.0 Å². The molecule has 0 aliphatic heterocycles. The van der Waals surface area contributed by atoms with E-state index in [0.29, 0.717) is 13.0 Å². The van der Waals surface area contributed by atoms with E-state index in [0.717, 1.165) is 19.1 Å². The molecule has 0 saturated heterocycles. The van der Waals surface area contributed by atoms with Crippen molar-refractivity contribution < 1.29 is 9.53 Å². The number of benzene rings is 1. The smallest absolute Gasteiger partial charge is 0.122 e. The van der Waals surface area contributed by atoms with Crippen LogP contribution in [0.2, 0.25) is 0 Å². The first-order chi connectivity index (χ1) is 8.86. The van der Waals surface area contributed by atoms with Crippen LogP contribution in [-0.4, -0.2) is 12.4 Å². The summed E-state index contributed by atoms with van der Waals surface area (Å²) in [4.78, 5) is 10.6. The van der Waals surface area contributed by atoms with Gasteiger partial charge >= 0.3 is 0 Å². The number of hydrogen-bond donors (Lipinski definition) is 0. The maximum atomic E-state index is 10.6. The van der Waals surface area contributed by atoms with Gasteiger partial charge in [-0.1, -0.05) is 62.9 Å². The molecule has 1 atom stereocenters. The normalized spacial score (nSPS) is 12.3. The predicted octanol–water partition coefficient (Wildman–Crippen LogP) is 4.13. The van der Waals surface area contributed by atoms with Gasteiger partial charge in [0.25, 0.3) is 0 Å². The molecule has 0 aliphatic rings. The average molecular weight is 248 g/mol. The maximum absolute atomic E-state index is 10.6. The van der Waals surface area contributed by atoms with Crippen LogP contribution in [0.5, 0.6) is 0 Å². The summed E-state index contributed by atoms with van der Waals surface area (Å²) in [5.41, 5.74) is 1.17. The van der Waals surface area contributed by atoms with E-state index in [9.17, 15) is 4.79 Å². The van der Waals surface area contributed by atoms with Gasteiger partial charge in [0.15, 0.2) is 0 Å². The Morgan fingerprint density at radius 1 is 1.17 bits per heavy atom. The van der Waals surface area contributed by atoms with Crippen LogP contribution in [0.4, 0.5) is 0 Å². The van der Waals surface area contributed by atoms with Gasteiger partial charge in [-0.05, 0) is 12.0 Å². The number of carbonyl (C=O) groups excluding carboxylic acids is 1. The highest BCUT2D eigenvalue weighted by Crippen LogP contribution is 2.13. The monoisotopic (exact) mass is 248 g/mol. The lowest BCUT2D eigenvalue weighted by Crippen LogP contribution is -2.13. The van der Waals surface area contributed by atoms with Crippen LogP contribution in [0, 0.1) is 0 Å². The molecule has 0 amide bonds. The molecule has 0 saturated carbocycles. The van der Waals surface area contributed by atoms with Crippen LogP contribution in [-0.2, 0) is 16.1 Å². The number of rotatable bonds is 10. The Kier molecular flexibility index (Phi) is 8.15. The van der Waals surface area contributed by atoms with Crippen molar-refractivity contribution in [2.45, 2.75) is 58.2 Å². The van der Waals surface area contributed by atoms with Gasteiger partial charge in [0.2, 0.25) is 0 Å². The number of unbranched alkanes of at least 4 members (excludes halogenated alkanes) is 3. The van der Waals surface area contributed by atoms with E-state index in [1.54, 1.807) is 0 Å². The Hall–Kier alpha value is -1.15. The van der Waals surface area contributed by atoms with Crippen molar-refractivity contribution in [3.63, 3.8) is 0 Å². The third kappa shape index (κ3) is 6.55. The minimum Gasteiger partial charge on any atom is -0.373 e. The van der Waals surface area contributed by atoms with Crippen molar-refractivity contribution in [3.05, 3.63) is 35.9 Å². The maximum Gasteiger partial charge on any atom is 0.122 e. The largest absolute Gasteiger partial charge is 0.373 e. The highest BCUT2D eigenvalue weighted by Gasteiger charge is 2.08. The van der Waals surface area contributed by atoms with Gasteiger partial charge in [0.1, 0.15) is 6.29 Å². The molecule has 100 valence electrons. The zero-order chi connectivity index (χ0) is 13.1. The Labute approximate surface area is 110 Å². The van der Waals surface area contributed by atoms with Gasteiger partial charge in [0, 0.05) is 6.42 Å². The van der Waals surface area contributed by atoms with Gasteiger partial charge in [-0.2, -0.15) is 0 Å². The minimum absolute atomic E-state index is 0.0829. The van der Waals surface area contributed by atoms with Crippen LogP contribution >= 0.6 is 0 Å². The first-order valence-corrected chi connectivity index (χ1v) is 6.96. The summed E-state index contributed by atoms with van der Waals surface area (Å²) in [6.07, 6.45) is 7.46. The zero-order valence-electron chi connectivity index (χ0n) is 11.3.